The third-order valence-electron chi connectivity index (χ3n) is 16.0. The number of hydrogen-bond acceptors (Lipinski definition) is 6. The minimum atomic E-state index is -0.778. The Bertz CT molecular complexity index is 1380. The molecule has 0 heterocycles. The first-order chi connectivity index (χ1) is 39.5. The fourth-order valence-electron chi connectivity index (χ4n) is 10.7. The van der Waals surface area contributed by atoms with Gasteiger partial charge in [-0.1, -0.05) is 339 Å². The van der Waals surface area contributed by atoms with E-state index in [1.807, 2.05) is 0 Å². The molecular weight excluding hydrogens is 985 g/mol. The molecule has 6 nitrogen and oxygen atoms in total. The molecule has 0 aliphatic rings. The van der Waals surface area contributed by atoms with Crippen molar-refractivity contribution >= 4 is 17.9 Å². The van der Waals surface area contributed by atoms with Gasteiger partial charge in [-0.2, -0.15) is 0 Å². The van der Waals surface area contributed by atoms with Crippen LogP contribution in [0.2, 0.25) is 0 Å². The smallest absolute Gasteiger partial charge is 0.306 e. The Morgan fingerprint density at radius 1 is 0.250 bits per heavy atom. The number of rotatable bonds is 66. The maximum absolute atomic E-state index is 12.9. The van der Waals surface area contributed by atoms with Crippen LogP contribution in [0.4, 0.5) is 0 Å². The number of allylic oxidation sites excluding steroid dienone is 8. The van der Waals surface area contributed by atoms with Crippen LogP contribution < -0.4 is 0 Å². The molecule has 468 valence electrons. The van der Waals surface area contributed by atoms with E-state index < -0.39 is 6.10 Å². The molecule has 0 N–H and O–H groups in total. The largest absolute Gasteiger partial charge is 0.462 e. The number of carbonyl (C=O) groups excluding carboxylic acids is 3. The zero-order chi connectivity index (χ0) is 57.8. The summed E-state index contributed by atoms with van der Waals surface area (Å²) in [7, 11) is 0. The summed E-state index contributed by atoms with van der Waals surface area (Å²) in [6.07, 6.45) is 87.3. The number of hydrogen-bond donors (Lipinski definition) is 0. The van der Waals surface area contributed by atoms with E-state index in [1.165, 1.54) is 263 Å². The van der Waals surface area contributed by atoms with Crippen LogP contribution in [0.1, 0.15) is 387 Å². The molecule has 0 aromatic carbocycles. The van der Waals surface area contributed by atoms with Gasteiger partial charge < -0.3 is 14.2 Å². The summed E-state index contributed by atoms with van der Waals surface area (Å²) in [5.74, 6) is -0.865. The van der Waals surface area contributed by atoms with E-state index >= 15 is 0 Å². The molecule has 0 aromatic heterocycles. The van der Waals surface area contributed by atoms with Gasteiger partial charge in [0.05, 0.1) is 0 Å². The maximum atomic E-state index is 12.9. The Labute approximate surface area is 498 Å². The van der Waals surface area contributed by atoms with Crippen molar-refractivity contribution in [3.63, 3.8) is 0 Å². The van der Waals surface area contributed by atoms with Crippen LogP contribution in [0.5, 0.6) is 0 Å². The number of ether oxygens (including phenoxy) is 3. The van der Waals surface area contributed by atoms with Crippen molar-refractivity contribution in [1.82, 2.24) is 0 Å². The molecule has 0 aliphatic carbocycles. The van der Waals surface area contributed by atoms with Crippen LogP contribution in [0.15, 0.2) is 48.6 Å². The van der Waals surface area contributed by atoms with Gasteiger partial charge in [0.15, 0.2) is 6.10 Å². The monoisotopic (exact) mass is 1120 g/mol. The van der Waals surface area contributed by atoms with E-state index in [-0.39, 0.29) is 31.1 Å². The Kier molecular flexibility index (Phi) is 66.6. The van der Waals surface area contributed by atoms with E-state index in [1.54, 1.807) is 0 Å². The van der Waals surface area contributed by atoms with Gasteiger partial charge >= 0.3 is 17.9 Å². The van der Waals surface area contributed by atoms with Crippen LogP contribution in [-0.2, 0) is 28.6 Å². The molecule has 0 spiro atoms. The molecule has 1 unspecified atom stereocenters. The average molecular weight is 1120 g/mol. The molecule has 0 fully saturated rings. The highest BCUT2D eigenvalue weighted by Crippen LogP contribution is 2.18. The second-order valence-corrected chi connectivity index (χ2v) is 24.1. The van der Waals surface area contributed by atoms with Crippen molar-refractivity contribution in [2.24, 2.45) is 0 Å². The van der Waals surface area contributed by atoms with Gasteiger partial charge in [-0.15, -0.1) is 0 Å². The highest BCUT2D eigenvalue weighted by molar-refractivity contribution is 5.71. The normalized spacial score (nSPS) is 12.3. The van der Waals surface area contributed by atoms with Crippen molar-refractivity contribution in [2.75, 3.05) is 13.2 Å². The predicted molar refractivity (Wildman–Crippen MR) is 349 cm³/mol. The summed E-state index contributed by atoms with van der Waals surface area (Å²) in [5, 5.41) is 0. The van der Waals surface area contributed by atoms with E-state index in [0.29, 0.717) is 19.3 Å². The molecule has 1 atom stereocenters. The zero-order valence-corrected chi connectivity index (χ0v) is 53.9. The number of esters is 3. The highest BCUT2D eigenvalue weighted by Gasteiger charge is 2.19. The van der Waals surface area contributed by atoms with Gasteiger partial charge in [0.1, 0.15) is 13.2 Å². The standard InChI is InChI=1S/C74H136O6/c1-4-7-10-13-16-19-22-24-26-28-30-32-34-36-37-39-40-42-44-46-48-50-52-55-58-61-64-67-73(76)79-70-71(69-78-72(75)66-63-60-57-54-21-18-15-12-9-6-3)80-74(77)68-65-62-59-56-53-51-49-47-45-43-41-38-35-33-31-29-27-25-23-20-17-14-11-8-5-2/h12,15,23,25,29,31,35,38,71H,4-11,13-14,16-22,24,26-28,30,32-34,36-37,39-70H2,1-3H3/b15-12-,25-23-,31-29-,38-35-. The molecule has 0 saturated carbocycles. The zero-order valence-electron chi connectivity index (χ0n) is 53.9. The average Bonchev–Trinajstić information content (AvgIpc) is 3.46. The quantitative estimate of drug-likeness (QED) is 0.0261. The molecule has 0 bridgehead atoms. The fourth-order valence-corrected chi connectivity index (χ4v) is 10.7. The van der Waals surface area contributed by atoms with Crippen LogP contribution in [0.25, 0.3) is 0 Å². The Hall–Kier alpha value is -2.63. The van der Waals surface area contributed by atoms with Gasteiger partial charge in [0.25, 0.3) is 0 Å². The third-order valence-corrected chi connectivity index (χ3v) is 16.0. The van der Waals surface area contributed by atoms with E-state index in [4.69, 9.17) is 14.2 Å². The van der Waals surface area contributed by atoms with E-state index in [2.05, 4.69) is 69.4 Å². The highest BCUT2D eigenvalue weighted by atomic mass is 16.6. The van der Waals surface area contributed by atoms with E-state index in [9.17, 15) is 14.4 Å². The molecule has 0 rings (SSSR count). The van der Waals surface area contributed by atoms with Gasteiger partial charge in [-0.3, -0.25) is 14.4 Å². The molecule has 0 amide bonds. The fraction of sp³-hybridized carbons (Fsp3) is 0.851. The molecule has 6 heteroatoms. The van der Waals surface area contributed by atoms with Crippen molar-refractivity contribution in [3.8, 4) is 0 Å². The minimum absolute atomic E-state index is 0.0734. The lowest BCUT2D eigenvalue weighted by Gasteiger charge is -2.18. The molecule has 0 aromatic rings. The number of carbonyl (C=O) groups is 3. The SMILES string of the molecule is CCC/C=C\CCCCCCCC(=O)OCC(COC(=O)CCCCCCCCCCCCCCCCCCCCCCCCCCCCC)OC(=O)CCCCCCCCCCCC/C=C\C/C=C\C/C=C\CCCCCCC. The van der Waals surface area contributed by atoms with Crippen molar-refractivity contribution < 1.29 is 28.6 Å². The van der Waals surface area contributed by atoms with Gasteiger partial charge in [0.2, 0.25) is 0 Å². The van der Waals surface area contributed by atoms with E-state index in [0.717, 1.165) is 83.5 Å². The van der Waals surface area contributed by atoms with Crippen LogP contribution in [0, 0.1) is 0 Å². The Morgan fingerprint density at radius 2 is 0.475 bits per heavy atom. The Morgan fingerprint density at radius 3 is 0.762 bits per heavy atom. The maximum Gasteiger partial charge on any atom is 0.306 e. The lowest BCUT2D eigenvalue weighted by atomic mass is 10.0. The summed E-state index contributed by atoms with van der Waals surface area (Å²) in [6, 6.07) is 0. The summed E-state index contributed by atoms with van der Waals surface area (Å²) >= 11 is 0. The minimum Gasteiger partial charge on any atom is -0.462 e. The number of unbranched alkanes of at least 4 members (excludes halogenated alkanes) is 47. The van der Waals surface area contributed by atoms with Crippen molar-refractivity contribution in [2.45, 2.75) is 393 Å². The molecule has 0 saturated heterocycles. The predicted octanol–water partition coefficient (Wildman–Crippen LogP) is 24.5. The molecular formula is C74H136O6. The van der Waals surface area contributed by atoms with Gasteiger partial charge in [-0.25, -0.2) is 0 Å². The summed E-state index contributed by atoms with van der Waals surface area (Å²) in [4.78, 5) is 38.3. The second-order valence-electron chi connectivity index (χ2n) is 24.1. The van der Waals surface area contributed by atoms with Crippen LogP contribution in [0.3, 0.4) is 0 Å². The molecule has 0 aliphatic heterocycles. The summed E-state index contributed by atoms with van der Waals surface area (Å²) < 4.78 is 16.9. The lowest BCUT2D eigenvalue weighted by Crippen LogP contribution is -2.30. The first kappa shape index (κ1) is 77.4. The second kappa shape index (κ2) is 68.9. The van der Waals surface area contributed by atoms with Crippen molar-refractivity contribution in [1.29, 1.82) is 0 Å². The molecule has 80 heavy (non-hydrogen) atoms. The third kappa shape index (κ3) is 66.2. The first-order valence-electron chi connectivity index (χ1n) is 35.6. The summed E-state index contributed by atoms with van der Waals surface area (Å²) in [6.45, 7) is 6.62. The van der Waals surface area contributed by atoms with Crippen LogP contribution >= 0.6 is 0 Å². The van der Waals surface area contributed by atoms with Crippen LogP contribution in [-0.4, -0.2) is 37.2 Å². The van der Waals surface area contributed by atoms with Crippen molar-refractivity contribution in [3.05, 3.63) is 48.6 Å². The first-order valence-corrected chi connectivity index (χ1v) is 35.6. The van der Waals surface area contributed by atoms with Gasteiger partial charge in [0, 0.05) is 19.3 Å². The Balaban J connectivity index is 4.15. The van der Waals surface area contributed by atoms with Gasteiger partial charge in [-0.05, 0) is 77.0 Å². The topological polar surface area (TPSA) is 78.9 Å². The lowest BCUT2D eigenvalue weighted by molar-refractivity contribution is -0.167. The molecule has 0 radical (unpaired) electrons. The summed E-state index contributed by atoms with van der Waals surface area (Å²) in [5.41, 5.74) is 0.